The van der Waals surface area contributed by atoms with Crippen LogP contribution < -0.4 is 0 Å². The fraction of sp³-hybridized carbons (Fsp3) is 0.625. The van der Waals surface area contributed by atoms with Gasteiger partial charge in [-0.3, -0.25) is 0 Å². The van der Waals surface area contributed by atoms with Crippen LogP contribution in [0.1, 0.15) is 24.4 Å². The summed E-state index contributed by atoms with van der Waals surface area (Å²) in [5.41, 5.74) is 1.15. The summed E-state index contributed by atoms with van der Waals surface area (Å²) >= 11 is 1.63. The minimum absolute atomic E-state index is 0.750. The summed E-state index contributed by atoms with van der Waals surface area (Å²) < 4.78 is 4.21. The van der Waals surface area contributed by atoms with E-state index in [2.05, 4.69) is 24.3 Å². The van der Waals surface area contributed by atoms with E-state index in [0.717, 1.165) is 11.6 Å². The number of aromatic nitrogens is 1. The number of rotatable bonds is 2. The molecule has 0 saturated heterocycles. The minimum atomic E-state index is 0.750. The quantitative estimate of drug-likeness (QED) is 0.640. The van der Waals surface area contributed by atoms with Crippen LogP contribution in [0.15, 0.2) is 6.07 Å². The Bertz CT molecular complexity index is 203. The lowest BCUT2D eigenvalue weighted by Gasteiger charge is -1.97. The van der Waals surface area contributed by atoms with Crippen LogP contribution in [-0.4, -0.2) is 4.37 Å². The van der Waals surface area contributed by atoms with Crippen molar-refractivity contribution in [2.24, 2.45) is 5.92 Å². The van der Waals surface area contributed by atoms with Gasteiger partial charge in [0.25, 0.3) is 0 Å². The van der Waals surface area contributed by atoms with Gasteiger partial charge in [0, 0.05) is 4.88 Å². The first kappa shape index (κ1) is 7.73. The molecule has 1 rings (SSSR count). The molecule has 10 heavy (non-hydrogen) atoms. The fourth-order valence-electron chi connectivity index (χ4n) is 0.915. The summed E-state index contributed by atoms with van der Waals surface area (Å²) in [5.74, 6) is 0.750. The molecule has 1 aromatic heterocycles. The van der Waals surface area contributed by atoms with Gasteiger partial charge >= 0.3 is 0 Å². The van der Waals surface area contributed by atoms with E-state index in [4.69, 9.17) is 0 Å². The van der Waals surface area contributed by atoms with Crippen molar-refractivity contribution in [2.75, 3.05) is 0 Å². The maximum atomic E-state index is 4.21. The highest BCUT2D eigenvalue weighted by Crippen LogP contribution is 2.13. The molecule has 0 aliphatic rings. The first-order chi connectivity index (χ1) is 4.68. The van der Waals surface area contributed by atoms with Crippen molar-refractivity contribution in [1.82, 2.24) is 4.37 Å². The second-order valence-electron chi connectivity index (χ2n) is 3.03. The van der Waals surface area contributed by atoms with Crippen molar-refractivity contribution in [3.8, 4) is 0 Å². The van der Waals surface area contributed by atoms with E-state index in [1.165, 1.54) is 11.3 Å². The second-order valence-corrected chi connectivity index (χ2v) is 3.92. The molecule has 1 nitrogen and oxygen atoms in total. The first-order valence-corrected chi connectivity index (χ1v) is 4.38. The molecule has 0 radical (unpaired) electrons. The molecule has 2 heteroatoms. The Morgan fingerprint density at radius 3 is 2.70 bits per heavy atom. The average molecular weight is 155 g/mol. The zero-order chi connectivity index (χ0) is 7.56. The number of hydrogen-bond donors (Lipinski definition) is 0. The van der Waals surface area contributed by atoms with Gasteiger partial charge in [0.1, 0.15) is 0 Å². The van der Waals surface area contributed by atoms with Crippen molar-refractivity contribution in [3.05, 3.63) is 16.6 Å². The van der Waals surface area contributed by atoms with Crippen LogP contribution in [0.3, 0.4) is 0 Å². The number of aryl methyl sites for hydroxylation is 1. The van der Waals surface area contributed by atoms with Gasteiger partial charge in [-0.05, 0) is 36.9 Å². The first-order valence-electron chi connectivity index (χ1n) is 3.60. The standard InChI is InChI=1S/C8H13NS/c1-6(2)4-8-5-7(3)9-10-8/h5-6H,4H2,1-3H3. The number of hydrogen-bond acceptors (Lipinski definition) is 2. The Kier molecular flexibility index (Phi) is 2.44. The molecule has 56 valence electrons. The van der Waals surface area contributed by atoms with Gasteiger partial charge < -0.3 is 0 Å². The summed E-state index contributed by atoms with van der Waals surface area (Å²) in [5, 5.41) is 0. The summed E-state index contributed by atoms with van der Waals surface area (Å²) in [6.07, 6.45) is 1.17. The van der Waals surface area contributed by atoms with Gasteiger partial charge in [-0.1, -0.05) is 13.8 Å². The molecule has 1 aromatic rings. The maximum absolute atomic E-state index is 4.21. The molecule has 0 aliphatic carbocycles. The van der Waals surface area contributed by atoms with Crippen molar-refractivity contribution in [2.45, 2.75) is 27.2 Å². The topological polar surface area (TPSA) is 12.9 Å². The van der Waals surface area contributed by atoms with Gasteiger partial charge in [0.2, 0.25) is 0 Å². The van der Waals surface area contributed by atoms with E-state index in [0.29, 0.717) is 0 Å². The molecule has 0 aliphatic heterocycles. The molecule has 0 fully saturated rings. The van der Waals surface area contributed by atoms with Gasteiger partial charge in [-0.15, -0.1) is 0 Å². The van der Waals surface area contributed by atoms with Crippen LogP contribution in [0, 0.1) is 12.8 Å². The van der Waals surface area contributed by atoms with Crippen molar-refractivity contribution in [1.29, 1.82) is 0 Å². The highest BCUT2D eigenvalue weighted by molar-refractivity contribution is 7.05. The molecule has 0 spiro atoms. The SMILES string of the molecule is Cc1cc(CC(C)C)sn1. The largest absolute Gasteiger partial charge is 0.198 e. The zero-order valence-corrected chi connectivity index (χ0v) is 7.53. The van der Waals surface area contributed by atoms with Crippen molar-refractivity contribution in [3.63, 3.8) is 0 Å². The Morgan fingerprint density at radius 1 is 1.60 bits per heavy atom. The smallest absolute Gasteiger partial charge is 0.0514 e. The molecule has 0 unspecified atom stereocenters. The molecular formula is C8H13NS. The molecule has 0 saturated carbocycles. The lowest BCUT2D eigenvalue weighted by Crippen LogP contribution is -1.89. The summed E-state index contributed by atoms with van der Waals surface area (Å²) in [4.78, 5) is 1.41. The molecular weight excluding hydrogens is 142 g/mol. The van der Waals surface area contributed by atoms with Crippen LogP contribution in [0.25, 0.3) is 0 Å². The van der Waals surface area contributed by atoms with Crippen molar-refractivity contribution >= 4 is 11.5 Å². The molecule has 1 heterocycles. The van der Waals surface area contributed by atoms with E-state index < -0.39 is 0 Å². The van der Waals surface area contributed by atoms with Crippen LogP contribution in [0.4, 0.5) is 0 Å². The van der Waals surface area contributed by atoms with Gasteiger partial charge in [-0.25, -0.2) is 0 Å². The predicted molar refractivity (Wildman–Crippen MR) is 45.4 cm³/mol. The van der Waals surface area contributed by atoms with E-state index in [1.807, 2.05) is 6.92 Å². The van der Waals surface area contributed by atoms with Crippen LogP contribution in [-0.2, 0) is 6.42 Å². The molecule has 0 aromatic carbocycles. The highest BCUT2D eigenvalue weighted by Gasteiger charge is 1.99. The summed E-state index contributed by atoms with van der Waals surface area (Å²) in [6.45, 7) is 6.50. The molecule has 0 N–H and O–H groups in total. The van der Waals surface area contributed by atoms with Crippen molar-refractivity contribution < 1.29 is 0 Å². The molecule has 0 amide bonds. The Hall–Kier alpha value is -0.370. The van der Waals surface area contributed by atoms with E-state index >= 15 is 0 Å². The Balaban J connectivity index is 2.58. The third-order valence-corrected chi connectivity index (χ3v) is 2.18. The van der Waals surface area contributed by atoms with Gasteiger partial charge in [0.05, 0.1) is 5.69 Å². The monoisotopic (exact) mass is 155 g/mol. The third-order valence-electron chi connectivity index (χ3n) is 1.29. The second kappa shape index (κ2) is 3.15. The normalized spacial score (nSPS) is 10.8. The Labute approximate surface area is 66.3 Å². The van der Waals surface area contributed by atoms with Gasteiger partial charge in [-0.2, -0.15) is 4.37 Å². The minimum Gasteiger partial charge on any atom is -0.198 e. The fourth-order valence-corrected chi connectivity index (χ4v) is 1.86. The predicted octanol–water partition coefficient (Wildman–Crippen LogP) is 2.65. The Morgan fingerprint density at radius 2 is 2.30 bits per heavy atom. The van der Waals surface area contributed by atoms with Crippen LogP contribution in [0.2, 0.25) is 0 Å². The number of nitrogens with zero attached hydrogens (tertiary/aromatic N) is 1. The summed E-state index contributed by atoms with van der Waals surface area (Å²) in [6, 6.07) is 2.17. The van der Waals surface area contributed by atoms with Crippen LogP contribution >= 0.6 is 11.5 Å². The van der Waals surface area contributed by atoms with E-state index in [1.54, 1.807) is 11.5 Å². The molecule has 0 atom stereocenters. The lowest BCUT2D eigenvalue weighted by molar-refractivity contribution is 0.654. The van der Waals surface area contributed by atoms with E-state index in [9.17, 15) is 0 Å². The third kappa shape index (κ3) is 2.10. The van der Waals surface area contributed by atoms with E-state index in [-0.39, 0.29) is 0 Å². The zero-order valence-electron chi connectivity index (χ0n) is 6.72. The maximum Gasteiger partial charge on any atom is 0.0514 e. The highest BCUT2D eigenvalue weighted by atomic mass is 32.1. The van der Waals surface area contributed by atoms with Gasteiger partial charge in [0.15, 0.2) is 0 Å². The molecule has 0 bridgehead atoms. The lowest BCUT2D eigenvalue weighted by atomic mass is 10.1. The van der Waals surface area contributed by atoms with Crippen LogP contribution in [0.5, 0.6) is 0 Å². The summed E-state index contributed by atoms with van der Waals surface area (Å²) in [7, 11) is 0. The average Bonchev–Trinajstić information content (AvgIpc) is 2.13.